The Morgan fingerprint density at radius 1 is 1.43 bits per heavy atom. The SMILES string of the molecule is Cc1ccc2c(c1)[C@@H]1C[C@@H](CN1C(=O)C(C)(C)C(F)F)O2. The standard InChI is InChI=1S/C16H19F2NO2/c1-9-4-5-13-11(6-9)12-7-10(21-13)8-19(12)15(20)16(2,3)14(17)18/h4-6,10,12,14H,7-8H2,1-3H3/t10-,12-/m0/s1. The minimum atomic E-state index is -2.68. The molecule has 3 rings (SSSR count). The van der Waals surface area contributed by atoms with Gasteiger partial charge in [-0.2, -0.15) is 0 Å². The van der Waals surface area contributed by atoms with Crippen molar-refractivity contribution in [3.8, 4) is 5.75 Å². The Morgan fingerprint density at radius 2 is 2.14 bits per heavy atom. The number of benzene rings is 1. The summed E-state index contributed by atoms with van der Waals surface area (Å²) in [6, 6.07) is 5.69. The molecule has 2 heterocycles. The summed E-state index contributed by atoms with van der Waals surface area (Å²) in [5, 5.41) is 0. The summed E-state index contributed by atoms with van der Waals surface area (Å²) in [6.07, 6.45) is -2.09. The van der Waals surface area contributed by atoms with Gasteiger partial charge in [-0.25, -0.2) is 8.78 Å². The Bertz CT molecular complexity index is 586. The summed E-state index contributed by atoms with van der Waals surface area (Å²) in [6.45, 7) is 4.96. The van der Waals surface area contributed by atoms with Gasteiger partial charge in [-0.1, -0.05) is 17.7 Å². The zero-order valence-corrected chi connectivity index (χ0v) is 12.4. The Labute approximate surface area is 122 Å². The molecule has 2 atom stereocenters. The number of nitrogens with zero attached hydrogens (tertiary/aromatic N) is 1. The molecule has 0 radical (unpaired) electrons. The van der Waals surface area contributed by atoms with Crippen LogP contribution in [0, 0.1) is 12.3 Å². The van der Waals surface area contributed by atoms with Gasteiger partial charge < -0.3 is 9.64 Å². The van der Waals surface area contributed by atoms with Gasteiger partial charge in [0.05, 0.1) is 12.6 Å². The van der Waals surface area contributed by atoms with E-state index in [0.29, 0.717) is 13.0 Å². The molecule has 1 amide bonds. The van der Waals surface area contributed by atoms with Crippen molar-refractivity contribution in [1.82, 2.24) is 4.90 Å². The van der Waals surface area contributed by atoms with Gasteiger partial charge in [-0.15, -0.1) is 0 Å². The number of carbonyl (C=O) groups excluding carboxylic acids is 1. The highest BCUT2D eigenvalue weighted by molar-refractivity contribution is 5.83. The maximum Gasteiger partial charge on any atom is 0.252 e. The summed E-state index contributed by atoms with van der Waals surface area (Å²) in [7, 11) is 0. The molecule has 21 heavy (non-hydrogen) atoms. The lowest BCUT2D eigenvalue weighted by Gasteiger charge is -2.32. The molecule has 1 saturated heterocycles. The molecule has 5 heteroatoms. The summed E-state index contributed by atoms with van der Waals surface area (Å²) in [4.78, 5) is 14.1. The van der Waals surface area contributed by atoms with Crippen LogP contribution in [0.4, 0.5) is 8.78 Å². The first-order valence-corrected chi connectivity index (χ1v) is 7.17. The number of fused-ring (bicyclic) bond motifs is 4. The van der Waals surface area contributed by atoms with Gasteiger partial charge in [0.15, 0.2) is 0 Å². The van der Waals surface area contributed by atoms with E-state index in [9.17, 15) is 13.6 Å². The van der Waals surface area contributed by atoms with E-state index < -0.39 is 17.7 Å². The van der Waals surface area contributed by atoms with Crippen LogP contribution in [0.3, 0.4) is 0 Å². The Balaban J connectivity index is 1.95. The van der Waals surface area contributed by atoms with Crippen molar-refractivity contribution >= 4 is 5.91 Å². The molecular weight excluding hydrogens is 276 g/mol. The molecule has 0 saturated carbocycles. The molecule has 0 aromatic heterocycles. The van der Waals surface area contributed by atoms with Gasteiger partial charge in [-0.3, -0.25) is 4.79 Å². The number of alkyl halides is 2. The maximum atomic E-state index is 13.1. The van der Waals surface area contributed by atoms with Crippen LogP contribution in [0.15, 0.2) is 18.2 Å². The molecular formula is C16H19F2NO2. The van der Waals surface area contributed by atoms with Crippen LogP contribution < -0.4 is 4.74 Å². The maximum absolute atomic E-state index is 13.1. The molecule has 0 N–H and O–H groups in total. The number of amides is 1. The normalized spacial score (nSPS) is 24.0. The van der Waals surface area contributed by atoms with Gasteiger partial charge in [-0.05, 0) is 26.8 Å². The molecule has 0 aliphatic carbocycles. The third-order valence-electron chi connectivity index (χ3n) is 4.44. The first kappa shape index (κ1) is 14.3. The monoisotopic (exact) mass is 295 g/mol. The lowest BCUT2D eigenvalue weighted by Crippen LogP contribution is -2.44. The number of halogens is 2. The summed E-state index contributed by atoms with van der Waals surface area (Å²) in [5.41, 5.74) is 0.340. The predicted molar refractivity (Wildman–Crippen MR) is 74.5 cm³/mol. The molecule has 0 spiro atoms. The Morgan fingerprint density at radius 3 is 2.81 bits per heavy atom. The van der Waals surface area contributed by atoms with E-state index in [-0.39, 0.29) is 12.1 Å². The van der Waals surface area contributed by atoms with Gasteiger partial charge in [0, 0.05) is 12.0 Å². The molecule has 1 aromatic carbocycles. The van der Waals surface area contributed by atoms with E-state index >= 15 is 0 Å². The minimum absolute atomic E-state index is 0.0948. The van der Waals surface area contributed by atoms with Crippen molar-refractivity contribution in [1.29, 1.82) is 0 Å². The molecule has 3 nitrogen and oxygen atoms in total. The lowest BCUT2D eigenvalue weighted by molar-refractivity contribution is -0.149. The second-order valence-electron chi connectivity index (χ2n) is 6.51. The highest BCUT2D eigenvalue weighted by Crippen LogP contribution is 2.45. The first-order valence-electron chi connectivity index (χ1n) is 7.17. The molecule has 114 valence electrons. The van der Waals surface area contributed by atoms with Gasteiger partial charge >= 0.3 is 0 Å². The van der Waals surface area contributed by atoms with Gasteiger partial charge in [0.1, 0.15) is 17.3 Å². The average Bonchev–Trinajstić information content (AvgIpc) is 2.77. The molecule has 1 fully saturated rings. The fraction of sp³-hybridized carbons (Fsp3) is 0.562. The highest BCUT2D eigenvalue weighted by atomic mass is 19.3. The van der Waals surface area contributed by atoms with Crippen LogP contribution in [0.1, 0.15) is 37.4 Å². The lowest BCUT2D eigenvalue weighted by atomic mass is 9.91. The van der Waals surface area contributed by atoms with Gasteiger partial charge in [0.2, 0.25) is 5.91 Å². The molecule has 2 aliphatic rings. The van der Waals surface area contributed by atoms with Crippen LogP contribution in [0.25, 0.3) is 0 Å². The van der Waals surface area contributed by atoms with Gasteiger partial charge in [0.25, 0.3) is 6.43 Å². The number of ether oxygens (including phenoxy) is 1. The summed E-state index contributed by atoms with van der Waals surface area (Å²) in [5.74, 6) is 0.273. The fourth-order valence-corrected chi connectivity index (χ4v) is 3.08. The third kappa shape index (κ3) is 2.19. The van der Waals surface area contributed by atoms with Crippen LogP contribution in [-0.2, 0) is 4.79 Å². The zero-order valence-electron chi connectivity index (χ0n) is 12.4. The third-order valence-corrected chi connectivity index (χ3v) is 4.44. The molecule has 2 bridgehead atoms. The Kier molecular flexibility index (Phi) is 3.19. The number of likely N-dealkylation sites (tertiary alicyclic amines) is 1. The van der Waals surface area contributed by atoms with E-state index in [2.05, 4.69) is 0 Å². The number of hydrogen-bond donors (Lipinski definition) is 0. The largest absolute Gasteiger partial charge is 0.488 e. The van der Waals surface area contributed by atoms with Crippen LogP contribution >= 0.6 is 0 Å². The van der Waals surface area contributed by atoms with Crippen LogP contribution in [0.2, 0.25) is 0 Å². The minimum Gasteiger partial charge on any atom is -0.488 e. The second kappa shape index (κ2) is 4.68. The van der Waals surface area contributed by atoms with Crippen molar-refractivity contribution in [2.45, 2.75) is 45.8 Å². The summed E-state index contributed by atoms with van der Waals surface area (Å²) >= 11 is 0. The highest BCUT2D eigenvalue weighted by Gasteiger charge is 2.48. The number of hydrogen-bond acceptors (Lipinski definition) is 2. The molecule has 0 unspecified atom stereocenters. The second-order valence-corrected chi connectivity index (χ2v) is 6.51. The van der Waals surface area contributed by atoms with E-state index in [1.807, 2.05) is 25.1 Å². The summed E-state index contributed by atoms with van der Waals surface area (Å²) < 4.78 is 32.1. The van der Waals surface area contributed by atoms with Crippen LogP contribution in [0.5, 0.6) is 5.75 Å². The van der Waals surface area contributed by atoms with E-state index in [1.165, 1.54) is 13.8 Å². The van der Waals surface area contributed by atoms with Crippen molar-refractivity contribution in [3.63, 3.8) is 0 Å². The Hall–Kier alpha value is -1.65. The van der Waals surface area contributed by atoms with E-state index in [4.69, 9.17) is 4.74 Å². The van der Waals surface area contributed by atoms with Crippen molar-refractivity contribution in [2.75, 3.05) is 6.54 Å². The van der Waals surface area contributed by atoms with E-state index in [0.717, 1.165) is 16.9 Å². The molecule has 2 aliphatic heterocycles. The predicted octanol–water partition coefficient (Wildman–Crippen LogP) is 3.32. The first-order chi connectivity index (χ1) is 9.80. The average molecular weight is 295 g/mol. The number of rotatable bonds is 2. The quantitative estimate of drug-likeness (QED) is 0.837. The topological polar surface area (TPSA) is 29.5 Å². The fourth-order valence-electron chi connectivity index (χ4n) is 3.08. The van der Waals surface area contributed by atoms with Crippen molar-refractivity contribution < 1.29 is 18.3 Å². The number of carbonyl (C=O) groups is 1. The van der Waals surface area contributed by atoms with Crippen molar-refractivity contribution in [2.24, 2.45) is 5.41 Å². The zero-order chi connectivity index (χ0) is 15.4. The van der Waals surface area contributed by atoms with Crippen LogP contribution in [-0.4, -0.2) is 29.9 Å². The molecule has 1 aromatic rings. The van der Waals surface area contributed by atoms with Crippen molar-refractivity contribution in [3.05, 3.63) is 29.3 Å². The smallest absolute Gasteiger partial charge is 0.252 e. The number of aryl methyl sites for hydroxylation is 1. The van der Waals surface area contributed by atoms with E-state index in [1.54, 1.807) is 4.90 Å².